The Morgan fingerprint density at radius 1 is 0.804 bits per heavy atom. The Hall–Kier alpha value is -5.21. The summed E-state index contributed by atoms with van der Waals surface area (Å²) in [5.74, 6) is 0.183. The molecule has 8 heteroatoms. The van der Waals surface area contributed by atoms with E-state index in [0.717, 1.165) is 16.8 Å². The largest absolute Gasteiger partial charge is 0.494 e. The highest BCUT2D eigenvalue weighted by Crippen LogP contribution is 2.23. The highest BCUT2D eigenvalue weighted by atomic mass is 32.1. The van der Waals surface area contributed by atoms with Crippen LogP contribution in [0.4, 0.5) is 11.4 Å². The maximum Gasteiger partial charge on any atom is 0.328 e. The Morgan fingerprint density at radius 3 is 2.20 bits per heavy atom. The maximum atomic E-state index is 13.2. The first-order valence-electron chi connectivity index (χ1n) is 15.1. The van der Waals surface area contributed by atoms with Gasteiger partial charge < -0.3 is 19.7 Å². The van der Waals surface area contributed by atoms with E-state index in [1.54, 1.807) is 41.7 Å². The van der Waals surface area contributed by atoms with Crippen molar-refractivity contribution >= 4 is 40.4 Å². The van der Waals surface area contributed by atoms with Crippen LogP contribution in [0.15, 0.2) is 126 Å². The third-order valence-corrected chi connectivity index (χ3v) is 8.22. The van der Waals surface area contributed by atoms with Crippen molar-refractivity contribution in [2.75, 3.05) is 30.5 Å². The van der Waals surface area contributed by atoms with Crippen LogP contribution in [0.3, 0.4) is 0 Å². The number of carbonyl (C=O) groups excluding carboxylic acids is 3. The van der Waals surface area contributed by atoms with Gasteiger partial charge in [-0.2, -0.15) is 11.3 Å². The average Bonchev–Trinajstić information content (AvgIpc) is 3.62. The lowest BCUT2D eigenvalue weighted by atomic mass is 10.00. The van der Waals surface area contributed by atoms with E-state index in [1.165, 1.54) is 7.11 Å². The van der Waals surface area contributed by atoms with Crippen LogP contribution >= 0.6 is 11.3 Å². The van der Waals surface area contributed by atoms with Gasteiger partial charge in [0.25, 0.3) is 0 Å². The van der Waals surface area contributed by atoms with Gasteiger partial charge in [0.05, 0.1) is 20.1 Å². The maximum absolute atomic E-state index is 13.2. The van der Waals surface area contributed by atoms with Crippen molar-refractivity contribution in [2.24, 2.45) is 0 Å². The standard InChI is InChI=1S/C38H36N2O5S/c1-44-38(43)35(39-34-16-9-8-15-33(34)37(42)30-11-4-2-5-12-30)25-28-17-19-32(20-18-28)45-23-10-22-40(31-13-6-3-7-14-31)36(41)26-29-21-24-46-27-29/h2-9,11-21,24,27,35,39H,10,22-23,25-26H2,1H3. The molecule has 1 aromatic heterocycles. The third-order valence-electron chi connectivity index (χ3n) is 7.49. The van der Waals surface area contributed by atoms with E-state index in [2.05, 4.69) is 5.32 Å². The molecule has 234 valence electrons. The summed E-state index contributed by atoms with van der Waals surface area (Å²) in [6, 6.07) is 34.7. The molecule has 0 bridgehead atoms. The van der Waals surface area contributed by atoms with Crippen LogP contribution in [0.5, 0.6) is 5.75 Å². The van der Waals surface area contributed by atoms with Gasteiger partial charge in [0.15, 0.2) is 5.78 Å². The van der Waals surface area contributed by atoms with Crippen LogP contribution in [0.1, 0.15) is 33.5 Å². The summed E-state index contributed by atoms with van der Waals surface area (Å²) in [6.07, 6.45) is 1.36. The van der Waals surface area contributed by atoms with Gasteiger partial charge in [-0.05, 0) is 70.8 Å². The number of rotatable bonds is 15. The molecule has 0 saturated carbocycles. The molecule has 0 fully saturated rings. The number of ether oxygens (including phenoxy) is 2. The Balaban J connectivity index is 1.18. The fraction of sp³-hybridized carbons (Fsp3) is 0.184. The van der Waals surface area contributed by atoms with Crippen LogP contribution in [0.2, 0.25) is 0 Å². The van der Waals surface area contributed by atoms with Crippen LogP contribution < -0.4 is 15.0 Å². The number of nitrogens with one attached hydrogen (secondary N) is 1. The summed E-state index contributed by atoms with van der Waals surface area (Å²) in [7, 11) is 1.35. The highest BCUT2D eigenvalue weighted by molar-refractivity contribution is 7.08. The normalized spacial score (nSPS) is 11.3. The third kappa shape index (κ3) is 8.70. The summed E-state index contributed by atoms with van der Waals surface area (Å²) < 4.78 is 11.1. The van der Waals surface area contributed by atoms with Gasteiger partial charge in [0.2, 0.25) is 5.91 Å². The minimum Gasteiger partial charge on any atom is -0.494 e. The van der Waals surface area contributed by atoms with Gasteiger partial charge in [-0.1, -0.05) is 72.8 Å². The van der Waals surface area contributed by atoms with Crippen molar-refractivity contribution in [3.05, 3.63) is 148 Å². The molecular formula is C38H36N2O5S. The summed E-state index contributed by atoms with van der Waals surface area (Å²) in [5.41, 5.74) is 4.39. The number of thiophene rings is 1. The van der Waals surface area contributed by atoms with Crippen molar-refractivity contribution in [3.63, 3.8) is 0 Å². The Bertz CT molecular complexity index is 1710. The van der Waals surface area contributed by atoms with Crippen LogP contribution in [0, 0.1) is 0 Å². The van der Waals surface area contributed by atoms with Crippen molar-refractivity contribution in [3.8, 4) is 5.75 Å². The van der Waals surface area contributed by atoms with Gasteiger partial charge in [0, 0.05) is 35.5 Å². The fourth-order valence-corrected chi connectivity index (χ4v) is 5.78. The zero-order valence-electron chi connectivity index (χ0n) is 25.6. The second kappa shape index (κ2) is 16.2. The molecule has 46 heavy (non-hydrogen) atoms. The molecule has 1 N–H and O–H groups in total. The lowest BCUT2D eigenvalue weighted by Crippen LogP contribution is -2.33. The van der Waals surface area contributed by atoms with Crippen LogP contribution in [-0.2, 0) is 27.2 Å². The van der Waals surface area contributed by atoms with Crippen molar-refractivity contribution in [1.29, 1.82) is 0 Å². The lowest BCUT2D eigenvalue weighted by molar-refractivity contribution is -0.141. The first-order chi connectivity index (χ1) is 22.5. The topological polar surface area (TPSA) is 84.9 Å². The van der Waals surface area contributed by atoms with Crippen LogP contribution in [0.25, 0.3) is 0 Å². The molecule has 1 atom stereocenters. The van der Waals surface area contributed by atoms with E-state index in [-0.39, 0.29) is 11.7 Å². The molecule has 0 spiro atoms. The van der Waals surface area contributed by atoms with Crippen molar-refractivity contribution < 1.29 is 23.9 Å². The fourth-order valence-electron chi connectivity index (χ4n) is 5.11. The SMILES string of the molecule is COC(=O)C(Cc1ccc(OCCCN(C(=O)Cc2ccsc2)c2ccccc2)cc1)Nc1ccccc1C(=O)c1ccccc1. The zero-order valence-corrected chi connectivity index (χ0v) is 26.5. The molecule has 0 aliphatic carbocycles. The van der Waals surface area contributed by atoms with E-state index in [9.17, 15) is 14.4 Å². The second-order valence-electron chi connectivity index (χ2n) is 10.7. The highest BCUT2D eigenvalue weighted by Gasteiger charge is 2.23. The Kier molecular flexibility index (Phi) is 11.3. The molecule has 5 aromatic rings. The minimum atomic E-state index is -0.711. The molecule has 0 radical (unpaired) electrons. The number of amides is 1. The zero-order chi connectivity index (χ0) is 32.1. The molecular weight excluding hydrogens is 596 g/mol. The van der Waals surface area contributed by atoms with Gasteiger partial charge in [0.1, 0.15) is 11.8 Å². The second-order valence-corrected chi connectivity index (χ2v) is 11.5. The van der Waals surface area contributed by atoms with Crippen LogP contribution in [-0.4, -0.2) is 44.0 Å². The van der Waals surface area contributed by atoms with Crippen molar-refractivity contribution in [1.82, 2.24) is 0 Å². The van der Waals surface area contributed by atoms with E-state index < -0.39 is 12.0 Å². The van der Waals surface area contributed by atoms with Gasteiger partial charge in [-0.15, -0.1) is 0 Å². The minimum absolute atomic E-state index is 0.0507. The molecule has 0 aliphatic rings. The monoisotopic (exact) mass is 632 g/mol. The quantitative estimate of drug-likeness (QED) is 0.0746. The summed E-state index contributed by atoms with van der Waals surface area (Å²) >= 11 is 1.59. The Morgan fingerprint density at radius 2 is 1.50 bits per heavy atom. The smallest absolute Gasteiger partial charge is 0.328 e. The number of hydrogen-bond donors (Lipinski definition) is 1. The number of hydrogen-bond acceptors (Lipinski definition) is 7. The van der Waals surface area contributed by atoms with E-state index in [4.69, 9.17) is 9.47 Å². The number of esters is 1. The van der Waals surface area contributed by atoms with Gasteiger partial charge in [-0.25, -0.2) is 4.79 Å². The van der Waals surface area contributed by atoms with Crippen molar-refractivity contribution in [2.45, 2.75) is 25.3 Å². The van der Waals surface area contributed by atoms with E-state index in [0.29, 0.717) is 55.0 Å². The number of carbonyl (C=O) groups is 3. The lowest BCUT2D eigenvalue weighted by Gasteiger charge is -2.23. The molecule has 7 nitrogen and oxygen atoms in total. The predicted octanol–water partition coefficient (Wildman–Crippen LogP) is 7.22. The molecule has 0 saturated heterocycles. The number of para-hydroxylation sites is 2. The first-order valence-corrected chi connectivity index (χ1v) is 16.1. The number of anilines is 2. The first kappa shape index (κ1) is 32.2. The van der Waals surface area contributed by atoms with E-state index in [1.807, 2.05) is 101 Å². The molecule has 1 amide bonds. The summed E-state index contributed by atoms with van der Waals surface area (Å²) in [4.78, 5) is 40.9. The number of benzene rings is 4. The molecule has 5 rings (SSSR count). The van der Waals surface area contributed by atoms with Gasteiger partial charge in [-0.3, -0.25) is 9.59 Å². The average molecular weight is 633 g/mol. The molecule has 4 aromatic carbocycles. The molecule has 1 unspecified atom stereocenters. The van der Waals surface area contributed by atoms with E-state index >= 15 is 0 Å². The summed E-state index contributed by atoms with van der Waals surface area (Å²) in [6.45, 7) is 0.971. The Labute approximate surface area is 273 Å². The predicted molar refractivity (Wildman–Crippen MR) is 183 cm³/mol. The number of ketones is 1. The summed E-state index contributed by atoms with van der Waals surface area (Å²) in [5, 5.41) is 7.23. The number of methoxy groups -OCH3 is 1. The van der Waals surface area contributed by atoms with Gasteiger partial charge >= 0.3 is 5.97 Å². The molecule has 1 heterocycles. The number of nitrogens with zero attached hydrogens (tertiary/aromatic N) is 1. The molecule has 0 aliphatic heterocycles.